The van der Waals surface area contributed by atoms with E-state index >= 15 is 0 Å². The second kappa shape index (κ2) is 15.7. The van der Waals surface area contributed by atoms with Gasteiger partial charge in [-0.25, -0.2) is 0 Å². The van der Waals surface area contributed by atoms with Crippen LogP contribution < -0.4 is 18.9 Å². The molecule has 0 bridgehead atoms. The quantitative estimate of drug-likeness (QED) is 0.328. The van der Waals surface area contributed by atoms with Crippen LogP contribution in [0.5, 0.6) is 0 Å². The summed E-state index contributed by atoms with van der Waals surface area (Å²) in [6.45, 7) is 4.75. The maximum Gasteiger partial charge on any atom is 1.00 e. The van der Waals surface area contributed by atoms with Crippen LogP contribution in [0.4, 0.5) is 0 Å². The molecule has 0 aliphatic carbocycles. The summed E-state index contributed by atoms with van der Waals surface area (Å²) in [5.41, 5.74) is 0. The Morgan fingerprint density at radius 3 is 2.11 bits per heavy atom. The average Bonchev–Trinajstić information content (AvgIpc) is 2.23. The Labute approximate surface area is 78.1 Å². The molecule has 0 aromatic heterocycles. The molecule has 0 unspecified atom stereocenters. The van der Waals surface area contributed by atoms with Crippen LogP contribution >= 0.6 is 0 Å². The third-order valence-electron chi connectivity index (χ3n) is 0.496. The molecule has 0 aliphatic rings. The van der Waals surface area contributed by atoms with Gasteiger partial charge < -0.3 is 42.2 Å². The fourth-order valence-electron chi connectivity index (χ4n) is 0.278. The van der Waals surface area contributed by atoms with Crippen molar-refractivity contribution in [2.24, 2.45) is 0 Å². The molecule has 0 saturated heterocycles. The molecule has 1 aromatic rings. The zero-order valence-electron chi connectivity index (χ0n) is 5.06. The van der Waals surface area contributed by atoms with Crippen LogP contribution in [0, 0.1) is 17.9 Å². The molecular weight excluding hydrogens is 157 g/mol. The van der Waals surface area contributed by atoms with E-state index in [1.165, 1.54) is 0 Å². The molecule has 1 rings (SSSR count). The molecule has 0 N–H and O–H groups in total. The molecule has 0 aliphatic heterocycles. The van der Waals surface area contributed by atoms with Crippen molar-refractivity contribution in [1.82, 2.24) is 0 Å². The van der Waals surface area contributed by atoms with Crippen molar-refractivity contribution in [3.8, 4) is 0 Å². The number of hydrogen-bond donors (Lipinski definition) is 0. The minimum Gasteiger partial charge on any atom is -0.512 e. The van der Waals surface area contributed by atoms with E-state index < -0.39 is 0 Å². The predicted octanol–water partition coefficient (Wildman–Crippen LogP) is -1.70. The van der Waals surface area contributed by atoms with Crippen molar-refractivity contribution in [2.75, 3.05) is 0 Å². The van der Waals surface area contributed by atoms with Gasteiger partial charge in [0.2, 0.25) is 0 Å². The fraction of sp³-hybridized carbons (Fsp3) is 0. The van der Waals surface area contributed by atoms with E-state index in [2.05, 4.69) is 6.07 Å². The van der Waals surface area contributed by atoms with E-state index in [1.807, 2.05) is 24.3 Å². The topological polar surface area (TPSA) is 23.8 Å². The first-order valence-corrected chi connectivity index (χ1v) is 1.80. The van der Waals surface area contributed by atoms with Gasteiger partial charge in [0, 0.05) is 0 Å². The molecule has 3 heteroatoms. The summed E-state index contributed by atoms with van der Waals surface area (Å²) in [4.78, 5) is 0. The van der Waals surface area contributed by atoms with Crippen molar-refractivity contribution in [2.45, 2.75) is 0 Å². The average molecular weight is 161 g/mol. The minimum absolute atomic E-state index is 0. The summed E-state index contributed by atoms with van der Waals surface area (Å²) < 4.78 is 0. The molecule has 0 atom stereocenters. The fourth-order valence-corrected chi connectivity index (χ4v) is 0.278. The van der Waals surface area contributed by atoms with E-state index in [9.17, 15) is 0 Å². The molecule has 1 aromatic carbocycles. The summed E-state index contributed by atoms with van der Waals surface area (Å²) in [5, 5.41) is 6.25. The van der Waals surface area contributed by atoms with Crippen molar-refractivity contribution in [3.63, 3.8) is 0 Å². The monoisotopic (exact) mass is 160 g/mol. The van der Waals surface area contributed by atoms with Crippen LogP contribution in [0.25, 0.3) is 0 Å². The summed E-state index contributed by atoms with van der Waals surface area (Å²) in [5.74, 6) is 0. The van der Waals surface area contributed by atoms with Gasteiger partial charge >= 0.3 is 35.9 Å². The van der Waals surface area contributed by atoms with Crippen molar-refractivity contribution in [3.05, 3.63) is 36.9 Å². The van der Waals surface area contributed by atoms with Crippen molar-refractivity contribution in [1.29, 1.82) is 5.26 Å². The first-order chi connectivity index (χ1) is 3.50. The van der Waals surface area contributed by atoms with Gasteiger partial charge in [-0.15, -0.1) is 0 Å². The van der Waals surface area contributed by atoms with E-state index in [4.69, 9.17) is 11.8 Å². The smallest absolute Gasteiger partial charge is 0.512 e. The van der Waals surface area contributed by atoms with Crippen LogP contribution in [0.1, 0.15) is 0 Å². The summed E-state index contributed by atoms with van der Waals surface area (Å²) in [6, 6.07) is 10.5. The normalized spacial score (nSPS) is 4.67. The Balaban J connectivity index is -0.0000000836. The maximum absolute atomic E-state index is 6.25. The van der Waals surface area contributed by atoms with E-state index in [0.717, 1.165) is 0 Å². The third kappa shape index (κ3) is 11.5. The molecule has 1 nitrogen and oxygen atoms in total. The van der Waals surface area contributed by atoms with Gasteiger partial charge in [0.25, 0.3) is 0 Å². The molecule has 9 heavy (non-hydrogen) atoms. The van der Waals surface area contributed by atoms with Gasteiger partial charge in [0.05, 0.1) is 0 Å². The zero-order chi connectivity index (χ0) is 5.54. The first kappa shape index (κ1) is 16.0. The molecular formula is C6H4CuLiN-. The molecule has 0 spiro atoms. The second-order valence-corrected chi connectivity index (χ2v) is 0.885. The molecule has 46 valence electrons. The van der Waals surface area contributed by atoms with E-state index in [-0.39, 0.29) is 35.9 Å². The number of rotatable bonds is 0. The third-order valence-corrected chi connectivity index (χ3v) is 0.496. The van der Waals surface area contributed by atoms with Gasteiger partial charge in [-0.1, -0.05) is 0 Å². The van der Waals surface area contributed by atoms with Gasteiger partial charge in [-0.3, -0.25) is 0 Å². The van der Waals surface area contributed by atoms with Crippen molar-refractivity contribution < 1.29 is 35.9 Å². The molecule has 0 radical (unpaired) electrons. The summed E-state index contributed by atoms with van der Waals surface area (Å²) >= 11 is 0. The van der Waals surface area contributed by atoms with Crippen LogP contribution in [0.3, 0.4) is 0 Å². The molecule has 0 fully saturated rings. The Bertz CT molecular complexity index is 96.6. The maximum atomic E-state index is 6.25. The first-order valence-electron chi connectivity index (χ1n) is 1.80. The SMILES string of the molecule is [C-]#N.[Cu+].[Li+].[c-]1cc[cH-]c1. The summed E-state index contributed by atoms with van der Waals surface area (Å²) in [6.07, 6.45) is 0. The molecule has 0 heterocycles. The number of hydrogen-bond acceptors (Lipinski definition) is 1. The van der Waals surface area contributed by atoms with Crippen LogP contribution in [-0.2, 0) is 17.1 Å². The van der Waals surface area contributed by atoms with Crippen molar-refractivity contribution >= 4 is 0 Å². The molecule has 0 saturated carbocycles. The minimum atomic E-state index is 0. The predicted molar refractivity (Wildman–Crippen MR) is 25.8 cm³/mol. The standard InChI is InChI=1S/C5H4.CN.Cu.Li/c1-2-4-5-3-1;1-2;;/h1-4H;;;/q-2;-1;2*+1. The summed E-state index contributed by atoms with van der Waals surface area (Å²) in [7, 11) is 0. The van der Waals surface area contributed by atoms with Crippen LogP contribution in [-0.4, -0.2) is 0 Å². The Morgan fingerprint density at radius 2 is 2.00 bits per heavy atom. The Hall–Kier alpha value is -0.0431. The number of nitrogens with zero attached hydrogens (tertiary/aromatic N) is 1. The van der Waals surface area contributed by atoms with Gasteiger partial charge in [-0.05, 0) is 0 Å². The Morgan fingerprint density at radius 1 is 1.44 bits per heavy atom. The van der Waals surface area contributed by atoms with E-state index in [0.29, 0.717) is 0 Å². The van der Waals surface area contributed by atoms with Gasteiger partial charge in [0.15, 0.2) is 0 Å². The largest absolute Gasteiger partial charge is 1.00 e. The van der Waals surface area contributed by atoms with E-state index in [1.54, 1.807) is 0 Å². The van der Waals surface area contributed by atoms with Crippen LogP contribution in [0.2, 0.25) is 0 Å². The van der Waals surface area contributed by atoms with Gasteiger partial charge in [0.1, 0.15) is 0 Å². The zero-order valence-corrected chi connectivity index (χ0v) is 6.00. The molecule has 0 amide bonds. The van der Waals surface area contributed by atoms with Crippen LogP contribution in [0.15, 0.2) is 24.3 Å². The Kier molecular flexibility index (Phi) is 27.8. The van der Waals surface area contributed by atoms with Gasteiger partial charge in [-0.2, -0.15) is 0 Å². The second-order valence-electron chi connectivity index (χ2n) is 0.885.